The second-order valence-electron chi connectivity index (χ2n) is 5.42. The van der Waals surface area contributed by atoms with Crippen molar-refractivity contribution in [3.8, 4) is 5.75 Å². The maximum Gasteiger partial charge on any atom is 0.255 e. The van der Waals surface area contributed by atoms with Crippen molar-refractivity contribution in [1.29, 1.82) is 0 Å². The first-order valence-electron chi connectivity index (χ1n) is 8.09. The van der Waals surface area contributed by atoms with Gasteiger partial charge in [-0.2, -0.15) is 0 Å². The fraction of sp³-hybridized carbons (Fsp3) is 0.333. The summed E-state index contributed by atoms with van der Waals surface area (Å²) in [5.41, 5.74) is 1.25. The number of anilines is 2. The van der Waals surface area contributed by atoms with Gasteiger partial charge in [0.15, 0.2) is 0 Å². The molecule has 6 nitrogen and oxygen atoms in total. The zero-order valence-electron chi connectivity index (χ0n) is 13.7. The Balaban J connectivity index is 1.61. The normalized spacial score (nSPS) is 14.3. The molecule has 0 spiro atoms. The Morgan fingerprint density at radius 2 is 1.96 bits per heavy atom. The molecule has 6 heteroatoms. The van der Waals surface area contributed by atoms with E-state index in [2.05, 4.69) is 15.2 Å². The molecule has 1 N–H and O–H groups in total. The lowest BCUT2D eigenvalue weighted by Gasteiger charge is -2.27. The molecule has 0 radical (unpaired) electrons. The summed E-state index contributed by atoms with van der Waals surface area (Å²) in [5, 5.41) is 2.85. The number of nitrogens with one attached hydrogen (secondary N) is 1. The first-order chi connectivity index (χ1) is 11.8. The van der Waals surface area contributed by atoms with Gasteiger partial charge >= 0.3 is 0 Å². The number of amides is 1. The predicted molar refractivity (Wildman–Crippen MR) is 92.8 cm³/mol. The van der Waals surface area contributed by atoms with Gasteiger partial charge in [0.05, 0.1) is 31.7 Å². The fourth-order valence-electron chi connectivity index (χ4n) is 2.51. The highest BCUT2D eigenvalue weighted by Gasteiger charge is 2.12. The van der Waals surface area contributed by atoms with Gasteiger partial charge < -0.3 is 19.7 Å². The number of nitrogens with zero attached hydrogens (tertiary/aromatic N) is 2. The van der Waals surface area contributed by atoms with Crippen molar-refractivity contribution in [2.24, 2.45) is 0 Å². The summed E-state index contributed by atoms with van der Waals surface area (Å²) in [4.78, 5) is 18.9. The van der Waals surface area contributed by atoms with Gasteiger partial charge in [0.25, 0.3) is 5.91 Å². The van der Waals surface area contributed by atoms with Crippen molar-refractivity contribution in [2.75, 3.05) is 43.1 Å². The maximum absolute atomic E-state index is 12.3. The standard InChI is InChI=1S/C18H21N3O3/c1-2-24-16-6-3-14(4-7-16)18(22)20-15-5-8-17(19-13-15)21-9-11-23-12-10-21/h3-8,13H,2,9-12H2,1H3,(H,20,22). The molecule has 0 atom stereocenters. The van der Waals surface area contributed by atoms with Gasteiger partial charge in [-0.05, 0) is 43.3 Å². The number of aromatic nitrogens is 1. The highest BCUT2D eigenvalue weighted by molar-refractivity contribution is 6.04. The lowest BCUT2D eigenvalue weighted by atomic mass is 10.2. The van der Waals surface area contributed by atoms with Crippen molar-refractivity contribution >= 4 is 17.4 Å². The minimum Gasteiger partial charge on any atom is -0.494 e. The average molecular weight is 327 g/mol. The van der Waals surface area contributed by atoms with Crippen LogP contribution in [0.4, 0.5) is 11.5 Å². The molecular weight excluding hydrogens is 306 g/mol. The number of hydrogen-bond acceptors (Lipinski definition) is 5. The molecule has 2 aromatic rings. The molecule has 1 aromatic carbocycles. The molecule has 3 rings (SSSR count). The van der Waals surface area contributed by atoms with E-state index in [4.69, 9.17) is 9.47 Å². The van der Waals surface area contributed by atoms with Gasteiger partial charge in [0.1, 0.15) is 11.6 Å². The first-order valence-corrected chi connectivity index (χ1v) is 8.09. The van der Waals surface area contributed by atoms with Crippen LogP contribution >= 0.6 is 0 Å². The van der Waals surface area contributed by atoms with Crippen LogP contribution in [0.2, 0.25) is 0 Å². The zero-order chi connectivity index (χ0) is 16.8. The van der Waals surface area contributed by atoms with Crippen molar-refractivity contribution < 1.29 is 14.3 Å². The second-order valence-corrected chi connectivity index (χ2v) is 5.42. The van der Waals surface area contributed by atoms with Crippen LogP contribution in [0.25, 0.3) is 0 Å². The van der Waals surface area contributed by atoms with Gasteiger partial charge in [0.2, 0.25) is 0 Å². The maximum atomic E-state index is 12.3. The Morgan fingerprint density at radius 1 is 1.21 bits per heavy atom. The van der Waals surface area contributed by atoms with E-state index in [1.54, 1.807) is 30.5 Å². The summed E-state index contributed by atoms with van der Waals surface area (Å²) in [6.07, 6.45) is 1.68. The van der Waals surface area contributed by atoms with Gasteiger partial charge in [-0.15, -0.1) is 0 Å². The van der Waals surface area contributed by atoms with Gasteiger partial charge in [0, 0.05) is 18.7 Å². The van der Waals surface area contributed by atoms with Gasteiger partial charge in [-0.1, -0.05) is 0 Å². The minimum atomic E-state index is -0.168. The number of ether oxygens (including phenoxy) is 2. The number of hydrogen-bond donors (Lipinski definition) is 1. The summed E-state index contributed by atoms with van der Waals surface area (Å²) in [6, 6.07) is 10.9. The molecule has 24 heavy (non-hydrogen) atoms. The number of carbonyl (C=O) groups is 1. The van der Waals surface area contributed by atoms with Crippen LogP contribution in [-0.4, -0.2) is 43.8 Å². The summed E-state index contributed by atoms with van der Waals surface area (Å²) >= 11 is 0. The topological polar surface area (TPSA) is 63.7 Å². The molecule has 126 valence electrons. The van der Waals surface area contributed by atoms with E-state index in [1.165, 1.54) is 0 Å². The van der Waals surface area contributed by atoms with E-state index in [0.717, 1.165) is 37.9 Å². The Morgan fingerprint density at radius 3 is 2.58 bits per heavy atom. The van der Waals surface area contributed by atoms with E-state index >= 15 is 0 Å². The summed E-state index contributed by atoms with van der Waals surface area (Å²) in [6.45, 7) is 5.65. The van der Waals surface area contributed by atoms with Gasteiger partial charge in [-0.3, -0.25) is 4.79 Å². The smallest absolute Gasteiger partial charge is 0.255 e. The third kappa shape index (κ3) is 4.02. The third-order valence-electron chi connectivity index (χ3n) is 3.77. The molecular formula is C18H21N3O3. The molecule has 1 aliphatic rings. The minimum absolute atomic E-state index is 0.168. The van der Waals surface area contributed by atoms with E-state index in [9.17, 15) is 4.79 Å². The molecule has 1 aliphatic heterocycles. The molecule has 2 heterocycles. The third-order valence-corrected chi connectivity index (χ3v) is 3.77. The average Bonchev–Trinajstić information content (AvgIpc) is 2.64. The molecule has 1 saturated heterocycles. The number of rotatable bonds is 5. The quantitative estimate of drug-likeness (QED) is 0.914. The van der Waals surface area contributed by atoms with E-state index in [-0.39, 0.29) is 5.91 Å². The lowest BCUT2D eigenvalue weighted by molar-refractivity contribution is 0.102. The summed E-state index contributed by atoms with van der Waals surface area (Å²) in [5.74, 6) is 1.49. The Kier molecular flexibility index (Phi) is 5.28. The van der Waals surface area contributed by atoms with E-state index in [0.29, 0.717) is 17.9 Å². The van der Waals surface area contributed by atoms with Crippen LogP contribution < -0.4 is 15.0 Å². The van der Waals surface area contributed by atoms with Crippen LogP contribution in [-0.2, 0) is 4.74 Å². The highest BCUT2D eigenvalue weighted by Crippen LogP contribution is 2.17. The van der Waals surface area contributed by atoms with Crippen molar-refractivity contribution in [2.45, 2.75) is 6.92 Å². The van der Waals surface area contributed by atoms with Crippen molar-refractivity contribution in [3.05, 3.63) is 48.2 Å². The van der Waals surface area contributed by atoms with Gasteiger partial charge in [-0.25, -0.2) is 4.98 Å². The number of benzene rings is 1. The molecule has 1 fully saturated rings. The zero-order valence-corrected chi connectivity index (χ0v) is 13.7. The van der Waals surface area contributed by atoms with Crippen molar-refractivity contribution in [3.63, 3.8) is 0 Å². The molecule has 1 aromatic heterocycles. The van der Waals surface area contributed by atoms with Crippen LogP contribution in [0.1, 0.15) is 17.3 Å². The van der Waals surface area contributed by atoms with Crippen LogP contribution in [0.15, 0.2) is 42.6 Å². The first kappa shape index (κ1) is 16.3. The predicted octanol–water partition coefficient (Wildman–Crippen LogP) is 2.57. The Labute approximate surface area is 141 Å². The molecule has 1 amide bonds. The van der Waals surface area contributed by atoms with E-state index < -0.39 is 0 Å². The van der Waals surface area contributed by atoms with Crippen LogP contribution in [0.5, 0.6) is 5.75 Å². The Hall–Kier alpha value is -2.60. The highest BCUT2D eigenvalue weighted by atomic mass is 16.5. The van der Waals surface area contributed by atoms with Crippen LogP contribution in [0.3, 0.4) is 0 Å². The van der Waals surface area contributed by atoms with E-state index in [1.807, 2.05) is 19.1 Å². The SMILES string of the molecule is CCOc1ccc(C(=O)Nc2ccc(N3CCOCC3)nc2)cc1. The number of carbonyl (C=O) groups excluding carboxylic acids is 1. The lowest BCUT2D eigenvalue weighted by Crippen LogP contribution is -2.36. The molecule has 0 aliphatic carbocycles. The van der Waals surface area contributed by atoms with Crippen LogP contribution in [0, 0.1) is 0 Å². The monoisotopic (exact) mass is 327 g/mol. The number of pyridine rings is 1. The van der Waals surface area contributed by atoms with Crippen molar-refractivity contribution in [1.82, 2.24) is 4.98 Å². The number of morpholine rings is 1. The largest absolute Gasteiger partial charge is 0.494 e. The summed E-state index contributed by atoms with van der Waals surface area (Å²) in [7, 11) is 0. The molecule has 0 unspecified atom stereocenters. The molecule has 0 bridgehead atoms. The second kappa shape index (κ2) is 7.79. The Bertz CT molecular complexity index is 665. The molecule has 0 saturated carbocycles. The fourth-order valence-corrected chi connectivity index (χ4v) is 2.51. The summed E-state index contributed by atoms with van der Waals surface area (Å²) < 4.78 is 10.7.